The zero-order chi connectivity index (χ0) is 22.6. The lowest BCUT2D eigenvalue weighted by atomic mass is 10.1. The fourth-order valence-corrected chi connectivity index (χ4v) is 3.73. The van der Waals surface area contributed by atoms with Crippen LogP contribution in [0.3, 0.4) is 0 Å². The van der Waals surface area contributed by atoms with Crippen LogP contribution in [0.15, 0.2) is 66.9 Å². The number of amides is 1. The van der Waals surface area contributed by atoms with Gasteiger partial charge in [-0.05, 0) is 48.4 Å². The van der Waals surface area contributed by atoms with Gasteiger partial charge in [0.05, 0.1) is 25.1 Å². The Kier molecular flexibility index (Phi) is 5.75. The number of imidazole rings is 1. The number of nitrogens with zero attached hydrogens (tertiary/aromatic N) is 4. The molecule has 1 N–H and O–H groups in total. The van der Waals surface area contributed by atoms with Crippen LogP contribution in [-0.2, 0) is 4.74 Å². The normalized spacial score (nSPS) is 13.4. The van der Waals surface area contributed by atoms with Crippen molar-refractivity contribution >= 4 is 17.2 Å². The van der Waals surface area contributed by atoms with Crippen LogP contribution in [0, 0.1) is 11.8 Å². The van der Waals surface area contributed by atoms with E-state index in [1.807, 2.05) is 72.6 Å². The van der Waals surface area contributed by atoms with Gasteiger partial charge in [0.15, 0.2) is 5.65 Å². The molecule has 3 heterocycles. The average Bonchev–Trinajstić information content (AvgIpc) is 3.30. The number of benzene rings is 2. The number of ether oxygens (including phenoxy) is 1. The van der Waals surface area contributed by atoms with E-state index in [1.54, 1.807) is 10.7 Å². The van der Waals surface area contributed by atoms with Gasteiger partial charge in [0.2, 0.25) is 0 Å². The largest absolute Gasteiger partial charge is 0.388 e. The number of nitrogens with one attached hydrogen (secondary N) is 1. The summed E-state index contributed by atoms with van der Waals surface area (Å²) < 4.78 is 7.08. The van der Waals surface area contributed by atoms with Gasteiger partial charge in [0.1, 0.15) is 5.69 Å². The van der Waals surface area contributed by atoms with Crippen LogP contribution in [0.2, 0.25) is 0 Å². The summed E-state index contributed by atoms with van der Waals surface area (Å²) >= 11 is 0. The molecule has 4 aromatic rings. The van der Waals surface area contributed by atoms with Crippen LogP contribution in [0.1, 0.15) is 21.6 Å². The second-order valence-corrected chi connectivity index (χ2v) is 7.69. The summed E-state index contributed by atoms with van der Waals surface area (Å²) in [4.78, 5) is 18.9. The van der Waals surface area contributed by atoms with Crippen LogP contribution < -0.4 is 5.32 Å². The van der Waals surface area contributed by atoms with Crippen molar-refractivity contribution in [3.8, 4) is 23.1 Å². The van der Waals surface area contributed by atoms with Gasteiger partial charge < -0.3 is 15.0 Å². The van der Waals surface area contributed by atoms with Gasteiger partial charge in [-0.2, -0.15) is 5.10 Å². The van der Waals surface area contributed by atoms with Crippen LogP contribution in [0.25, 0.3) is 16.9 Å². The van der Waals surface area contributed by atoms with E-state index in [1.165, 1.54) is 0 Å². The maximum Gasteiger partial charge on any atom is 0.254 e. The maximum atomic E-state index is 12.7. The fraction of sp³-hybridized carbons (Fsp3) is 0.192. The zero-order valence-electron chi connectivity index (χ0n) is 18.3. The van der Waals surface area contributed by atoms with Gasteiger partial charge in [-0.15, -0.1) is 0 Å². The molecule has 2 aromatic carbocycles. The number of morpholine rings is 1. The van der Waals surface area contributed by atoms with Crippen LogP contribution in [-0.4, -0.2) is 58.8 Å². The first-order valence-electron chi connectivity index (χ1n) is 10.8. The van der Waals surface area contributed by atoms with E-state index in [4.69, 9.17) is 9.84 Å². The summed E-state index contributed by atoms with van der Waals surface area (Å²) in [6.07, 6.45) is 1.73. The maximum absolute atomic E-state index is 12.7. The van der Waals surface area contributed by atoms with E-state index in [2.05, 4.69) is 22.1 Å². The van der Waals surface area contributed by atoms with Gasteiger partial charge >= 0.3 is 0 Å². The average molecular weight is 438 g/mol. The molecule has 0 bridgehead atoms. The molecule has 1 amide bonds. The smallest absolute Gasteiger partial charge is 0.254 e. The third-order valence-corrected chi connectivity index (χ3v) is 5.57. The summed E-state index contributed by atoms with van der Waals surface area (Å²) in [5, 5.41) is 7.86. The lowest BCUT2D eigenvalue weighted by molar-refractivity contribution is 0.0303. The number of fused-ring (bicyclic) bond motifs is 1. The highest BCUT2D eigenvalue weighted by molar-refractivity contribution is 5.94. The number of anilines is 1. The lowest BCUT2D eigenvalue weighted by Crippen LogP contribution is -2.40. The van der Waals surface area contributed by atoms with Crippen molar-refractivity contribution in [2.75, 3.05) is 38.7 Å². The molecule has 5 rings (SSSR count). The van der Waals surface area contributed by atoms with Gasteiger partial charge in [0.25, 0.3) is 5.91 Å². The highest BCUT2D eigenvalue weighted by Crippen LogP contribution is 2.20. The molecule has 0 saturated carbocycles. The second-order valence-electron chi connectivity index (χ2n) is 7.69. The highest BCUT2D eigenvalue weighted by atomic mass is 16.5. The fourth-order valence-electron chi connectivity index (χ4n) is 3.73. The van der Waals surface area contributed by atoms with E-state index >= 15 is 0 Å². The Balaban J connectivity index is 1.40. The predicted molar refractivity (Wildman–Crippen MR) is 127 cm³/mol. The molecular formula is C26H23N5O2. The quantitative estimate of drug-likeness (QED) is 0.498. The van der Waals surface area contributed by atoms with E-state index in [-0.39, 0.29) is 5.91 Å². The first-order valence-corrected chi connectivity index (χ1v) is 10.8. The molecule has 0 atom stereocenters. The Morgan fingerprint density at radius 1 is 1.03 bits per heavy atom. The molecule has 1 aliphatic heterocycles. The molecule has 0 aliphatic carbocycles. The van der Waals surface area contributed by atoms with E-state index in [0.717, 1.165) is 28.2 Å². The Bertz CT molecular complexity index is 1360. The number of rotatable bonds is 3. The Labute approximate surface area is 192 Å². The monoisotopic (exact) mass is 437 g/mol. The lowest BCUT2D eigenvalue weighted by Gasteiger charge is -2.26. The molecular weight excluding hydrogens is 414 g/mol. The van der Waals surface area contributed by atoms with Crippen molar-refractivity contribution in [2.24, 2.45) is 0 Å². The minimum Gasteiger partial charge on any atom is -0.388 e. The molecule has 2 aromatic heterocycles. The summed E-state index contributed by atoms with van der Waals surface area (Å²) in [6.45, 7) is 2.43. The van der Waals surface area contributed by atoms with Crippen LogP contribution in [0.5, 0.6) is 0 Å². The van der Waals surface area contributed by atoms with Gasteiger partial charge in [-0.1, -0.05) is 24.1 Å². The summed E-state index contributed by atoms with van der Waals surface area (Å²) in [6, 6.07) is 19.3. The molecule has 7 nitrogen and oxygen atoms in total. The number of aromatic nitrogens is 3. The molecule has 1 aliphatic rings. The van der Waals surface area contributed by atoms with Crippen molar-refractivity contribution < 1.29 is 9.53 Å². The summed E-state index contributed by atoms with van der Waals surface area (Å²) in [7, 11) is 1.88. The van der Waals surface area contributed by atoms with Gasteiger partial charge in [0, 0.05) is 42.5 Å². The molecule has 7 heteroatoms. The van der Waals surface area contributed by atoms with Gasteiger partial charge in [-0.3, -0.25) is 4.79 Å². The van der Waals surface area contributed by atoms with Crippen molar-refractivity contribution in [2.45, 2.75) is 0 Å². The number of hydrogen-bond donors (Lipinski definition) is 1. The molecule has 33 heavy (non-hydrogen) atoms. The molecule has 1 fully saturated rings. The van der Waals surface area contributed by atoms with E-state index in [0.29, 0.717) is 37.6 Å². The Hall–Kier alpha value is -4.15. The minimum absolute atomic E-state index is 0.0303. The second kappa shape index (κ2) is 9.15. The first-order chi connectivity index (χ1) is 16.2. The molecule has 1 saturated heterocycles. The Morgan fingerprint density at radius 2 is 1.85 bits per heavy atom. The number of carbonyl (C=O) groups excluding carboxylic acids is 1. The summed E-state index contributed by atoms with van der Waals surface area (Å²) in [5.41, 5.74) is 5.73. The highest BCUT2D eigenvalue weighted by Gasteiger charge is 2.18. The van der Waals surface area contributed by atoms with E-state index in [9.17, 15) is 4.79 Å². The zero-order valence-corrected chi connectivity index (χ0v) is 18.3. The predicted octanol–water partition coefficient (Wildman–Crippen LogP) is 3.31. The third-order valence-electron chi connectivity index (χ3n) is 5.57. The third kappa shape index (κ3) is 4.43. The van der Waals surface area contributed by atoms with Crippen molar-refractivity contribution in [3.05, 3.63) is 83.7 Å². The number of carbonyl (C=O) groups is 1. The van der Waals surface area contributed by atoms with E-state index < -0.39 is 0 Å². The van der Waals surface area contributed by atoms with Crippen LogP contribution in [0.4, 0.5) is 5.69 Å². The molecule has 0 unspecified atom stereocenters. The molecule has 0 spiro atoms. The van der Waals surface area contributed by atoms with Crippen molar-refractivity contribution in [3.63, 3.8) is 0 Å². The van der Waals surface area contributed by atoms with Crippen molar-refractivity contribution in [1.29, 1.82) is 0 Å². The van der Waals surface area contributed by atoms with Crippen LogP contribution >= 0.6 is 0 Å². The summed E-state index contributed by atoms with van der Waals surface area (Å²) in [5.74, 6) is 6.39. The first kappa shape index (κ1) is 20.7. The standard InChI is InChI=1S/C26H23N5O2/c1-27-22-4-2-3-19(17-22)5-10-23-18-28-25-12-11-24(29-31(23)25)20-6-8-21(9-7-20)26(32)30-13-15-33-16-14-30/h2-4,6-9,11-12,17-18,27H,13-16H2,1H3. The molecule has 164 valence electrons. The number of hydrogen-bond acceptors (Lipinski definition) is 5. The topological polar surface area (TPSA) is 71.8 Å². The van der Waals surface area contributed by atoms with Crippen molar-refractivity contribution in [1.82, 2.24) is 19.5 Å². The minimum atomic E-state index is 0.0303. The van der Waals surface area contributed by atoms with Gasteiger partial charge in [-0.25, -0.2) is 9.50 Å². The Morgan fingerprint density at radius 3 is 2.64 bits per heavy atom. The molecule has 0 radical (unpaired) electrons. The SMILES string of the molecule is CNc1cccc(C#Cc2cnc3ccc(-c4ccc(C(=O)N5CCOCC5)cc4)nn23)c1.